The van der Waals surface area contributed by atoms with Crippen LogP contribution in [0.25, 0.3) is 0 Å². The van der Waals surface area contributed by atoms with E-state index >= 15 is 0 Å². The number of aryl methyl sites for hydroxylation is 1. The number of rotatable bonds is 3. The van der Waals surface area contributed by atoms with E-state index < -0.39 is 0 Å². The predicted molar refractivity (Wildman–Crippen MR) is 91.0 cm³/mol. The summed E-state index contributed by atoms with van der Waals surface area (Å²) in [6, 6.07) is 10.8. The summed E-state index contributed by atoms with van der Waals surface area (Å²) >= 11 is 1.89. The fraction of sp³-hybridized carbons (Fsp3) is 0.412. The number of nitrogens with zero attached hydrogens (tertiary/aromatic N) is 4. The van der Waals surface area contributed by atoms with Crippen LogP contribution >= 0.6 is 11.8 Å². The van der Waals surface area contributed by atoms with Crippen molar-refractivity contribution in [3.05, 3.63) is 54.1 Å². The molecule has 1 saturated heterocycles. The normalized spacial score (nSPS) is 27.1. The van der Waals surface area contributed by atoms with Gasteiger partial charge in [0.1, 0.15) is 6.04 Å². The fourth-order valence-corrected chi connectivity index (χ4v) is 4.51. The molecule has 0 saturated carbocycles. The first-order valence-electron chi connectivity index (χ1n) is 7.85. The Morgan fingerprint density at radius 2 is 2.18 bits per heavy atom. The summed E-state index contributed by atoms with van der Waals surface area (Å²) in [5, 5.41) is 1.79. The third kappa shape index (κ3) is 2.15. The van der Waals surface area contributed by atoms with E-state index in [0.717, 1.165) is 18.8 Å². The van der Waals surface area contributed by atoms with Gasteiger partial charge in [0.15, 0.2) is 5.17 Å². The maximum absolute atomic E-state index is 5.01. The Morgan fingerprint density at radius 1 is 1.27 bits per heavy atom. The van der Waals surface area contributed by atoms with Gasteiger partial charge in [-0.1, -0.05) is 24.8 Å². The van der Waals surface area contributed by atoms with Gasteiger partial charge in [-0.25, -0.2) is 0 Å². The third-order valence-corrected chi connectivity index (χ3v) is 5.49. The smallest absolute Gasteiger partial charge is 0.160 e. The van der Waals surface area contributed by atoms with Gasteiger partial charge < -0.3 is 9.47 Å². The molecule has 2 aliphatic rings. The first-order chi connectivity index (χ1) is 10.8. The van der Waals surface area contributed by atoms with Crippen LogP contribution in [-0.4, -0.2) is 31.4 Å². The molecule has 2 aromatic heterocycles. The second-order valence-corrected chi connectivity index (χ2v) is 7.26. The molecule has 0 unspecified atom stereocenters. The minimum absolute atomic E-state index is 0.0939. The van der Waals surface area contributed by atoms with Crippen molar-refractivity contribution in [1.82, 2.24) is 14.5 Å². The molecule has 0 spiro atoms. The number of hydrogen-bond acceptors (Lipinski definition) is 4. The monoisotopic (exact) mass is 312 g/mol. The fourth-order valence-electron chi connectivity index (χ4n) is 3.42. The number of aromatic nitrogens is 2. The topological polar surface area (TPSA) is 33.4 Å². The second-order valence-electron chi connectivity index (χ2n) is 5.86. The number of thioether (sulfide) groups is 1. The molecule has 0 bridgehead atoms. The minimum Gasteiger partial charge on any atom is -0.350 e. The van der Waals surface area contributed by atoms with E-state index in [-0.39, 0.29) is 12.1 Å². The maximum atomic E-state index is 5.01. The lowest BCUT2D eigenvalue weighted by molar-refractivity contribution is 0.307. The van der Waals surface area contributed by atoms with Crippen LogP contribution in [-0.2, 0) is 6.54 Å². The Bertz CT molecular complexity index is 694. The van der Waals surface area contributed by atoms with E-state index in [4.69, 9.17) is 4.99 Å². The number of aliphatic imine (C=N–C) groups is 1. The van der Waals surface area contributed by atoms with E-state index in [0.29, 0.717) is 5.25 Å². The number of fused-ring (bicyclic) bond motifs is 1. The molecule has 2 aromatic rings. The molecule has 0 aliphatic carbocycles. The lowest BCUT2D eigenvalue weighted by Crippen LogP contribution is -2.30. The van der Waals surface area contributed by atoms with Gasteiger partial charge in [0.05, 0.1) is 11.7 Å². The van der Waals surface area contributed by atoms with E-state index in [1.807, 2.05) is 24.0 Å². The average Bonchev–Trinajstić information content (AvgIpc) is 3.21. The first-order valence-corrected chi connectivity index (χ1v) is 8.73. The molecule has 4 rings (SSSR count). The Labute approximate surface area is 135 Å². The number of pyridine rings is 1. The van der Waals surface area contributed by atoms with E-state index in [1.54, 1.807) is 0 Å². The zero-order valence-electron chi connectivity index (χ0n) is 12.9. The first kappa shape index (κ1) is 13.9. The molecule has 5 heteroatoms. The summed E-state index contributed by atoms with van der Waals surface area (Å²) in [4.78, 5) is 12.1. The molecule has 0 radical (unpaired) electrons. The van der Waals surface area contributed by atoms with Crippen LogP contribution < -0.4 is 0 Å². The van der Waals surface area contributed by atoms with E-state index in [9.17, 15) is 0 Å². The molecule has 2 aliphatic heterocycles. The van der Waals surface area contributed by atoms with Crippen molar-refractivity contribution in [3.8, 4) is 0 Å². The van der Waals surface area contributed by atoms with Gasteiger partial charge in [0.25, 0.3) is 0 Å². The summed E-state index contributed by atoms with van der Waals surface area (Å²) in [7, 11) is 0. The van der Waals surface area contributed by atoms with Gasteiger partial charge in [-0.05, 0) is 31.2 Å². The number of hydrogen-bond donors (Lipinski definition) is 0. The van der Waals surface area contributed by atoms with Crippen LogP contribution in [0.5, 0.6) is 0 Å². The van der Waals surface area contributed by atoms with Gasteiger partial charge in [-0.15, -0.1) is 0 Å². The Kier molecular flexibility index (Phi) is 3.45. The molecule has 0 amide bonds. The zero-order chi connectivity index (χ0) is 15.1. The van der Waals surface area contributed by atoms with E-state index in [2.05, 4.69) is 58.8 Å². The van der Waals surface area contributed by atoms with Crippen molar-refractivity contribution in [2.24, 2.45) is 4.99 Å². The van der Waals surface area contributed by atoms with E-state index in [1.165, 1.54) is 10.9 Å². The molecule has 0 N–H and O–H groups in total. The highest BCUT2D eigenvalue weighted by Crippen LogP contribution is 2.47. The Hall–Kier alpha value is -1.75. The van der Waals surface area contributed by atoms with Crippen LogP contribution in [0.2, 0.25) is 0 Å². The SMILES string of the molecule is CCn1cccc1[C@H]1[C@H](c2ccccn2)N=C2S[C@@H](C)CN21. The molecular formula is C17H20N4S. The lowest BCUT2D eigenvalue weighted by Gasteiger charge is -2.28. The van der Waals surface area contributed by atoms with Gasteiger partial charge in [0, 0.05) is 36.4 Å². The quantitative estimate of drug-likeness (QED) is 0.870. The maximum Gasteiger partial charge on any atom is 0.160 e. The van der Waals surface area contributed by atoms with Gasteiger partial charge in [0.2, 0.25) is 0 Å². The van der Waals surface area contributed by atoms with Gasteiger partial charge in [-0.2, -0.15) is 0 Å². The largest absolute Gasteiger partial charge is 0.350 e. The van der Waals surface area contributed by atoms with Crippen molar-refractivity contribution >= 4 is 16.9 Å². The summed E-state index contributed by atoms with van der Waals surface area (Å²) < 4.78 is 2.33. The van der Waals surface area contributed by atoms with Crippen molar-refractivity contribution in [2.45, 2.75) is 37.7 Å². The van der Waals surface area contributed by atoms with Crippen LogP contribution in [0, 0.1) is 0 Å². The molecule has 22 heavy (non-hydrogen) atoms. The average molecular weight is 312 g/mol. The Morgan fingerprint density at radius 3 is 2.95 bits per heavy atom. The summed E-state index contributed by atoms with van der Waals surface area (Å²) in [6.07, 6.45) is 4.03. The molecule has 0 aromatic carbocycles. The lowest BCUT2D eigenvalue weighted by atomic mass is 10.0. The van der Waals surface area contributed by atoms with Crippen LogP contribution in [0.15, 0.2) is 47.7 Å². The van der Waals surface area contributed by atoms with Crippen LogP contribution in [0.3, 0.4) is 0 Å². The van der Waals surface area contributed by atoms with Crippen molar-refractivity contribution in [2.75, 3.05) is 6.54 Å². The Balaban J connectivity index is 1.79. The molecule has 4 heterocycles. The third-order valence-electron chi connectivity index (χ3n) is 4.39. The van der Waals surface area contributed by atoms with Gasteiger partial charge in [-0.3, -0.25) is 9.98 Å². The molecular weight excluding hydrogens is 292 g/mol. The van der Waals surface area contributed by atoms with Crippen LogP contribution in [0.1, 0.15) is 37.3 Å². The highest BCUT2D eigenvalue weighted by molar-refractivity contribution is 8.14. The summed E-state index contributed by atoms with van der Waals surface area (Å²) in [6.45, 7) is 6.51. The number of amidine groups is 1. The molecule has 4 nitrogen and oxygen atoms in total. The second kappa shape index (κ2) is 5.47. The minimum atomic E-state index is 0.0939. The van der Waals surface area contributed by atoms with Crippen molar-refractivity contribution in [3.63, 3.8) is 0 Å². The van der Waals surface area contributed by atoms with Crippen molar-refractivity contribution in [1.29, 1.82) is 0 Å². The van der Waals surface area contributed by atoms with Crippen molar-refractivity contribution < 1.29 is 0 Å². The highest BCUT2D eigenvalue weighted by atomic mass is 32.2. The predicted octanol–water partition coefficient (Wildman–Crippen LogP) is 3.49. The standard InChI is InChI=1S/C17H20N4S/c1-3-20-10-6-8-14(20)16-15(13-7-4-5-9-18-13)19-17-21(16)11-12(2)22-17/h4-10,12,15-16H,3,11H2,1-2H3/t12-,15-,16-/m0/s1. The van der Waals surface area contributed by atoms with Crippen LogP contribution in [0.4, 0.5) is 0 Å². The molecule has 1 fully saturated rings. The molecule has 3 atom stereocenters. The zero-order valence-corrected chi connectivity index (χ0v) is 13.7. The summed E-state index contributed by atoms with van der Waals surface area (Å²) in [5.74, 6) is 0. The van der Waals surface area contributed by atoms with Gasteiger partial charge >= 0.3 is 0 Å². The summed E-state index contributed by atoms with van der Waals surface area (Å²) in [5.41, 5.74) is 2.40. The highest BCUT2D eigenvalue weighted by Gasteiger charge is 2.44. The molecule has 114 valence electrons.